The van der Waals surface area contributed by atoms with Crippen LogP contribution in [0.2, 0.25) is 0 Å². The van der Waals surface area contributed by atoms with Crippen molar-refractivity contribution >= 4 is 11.8 Å². The summed E-state index contributed by atoms with van der Waals surface area (Å²) in [7, 11) is 0. The van der Waals surface area contributed by atoms with E-state index in [4.69, 9.17) is 4.74 Å². The van der Waals surface area contributed by atoms with Crippen LogP contribution in [0.25, 0.3) is 0 Å². The highest BCUT2D eigenvalue weighted by Gasteiger charge is 2.34. The van der Waals surface area contributed by atoms with Crippen molar-refractivity contribution in [2.75, 3.05) is 44.2 Å². The lowest BCUT2D eigenvalue weighted by Crippen LogP contribution is -2.51. The van der Waals surface area contributed by atoms with Crippen molar-refractivity contribution in [3.63, 3.8) is 0 Å². The first-order valence-corrected chi connectivity index (χ1v) is 9.15. The highest BCUT2D eigenvalue weighted by molar-refractivity contribution is 5.68. The number of rotatable bonds is 2. The molecule has 2 fully saturated rings. The van der Waals surface area contributed by atoms with Crippen molar-refractivity contribution < 1.29 is 18.3 Å². The van der Waals surface area contributed by atoms with Crippen LogP contribution in [-0.4, -0.2) is 66.8 Å². The number of amides is 1. The Morgan fingerprint density at radius 3 is 2.42 bits per heavy atom. The second-order valence-electron chi connectivity index (χ2n) is 7.99. The molecule has 0 aliphatic carbocycles. The van der Waals surface area contributed by atoms with Gasteiger partial charge in [-0.1, -0.05) is 0 Å². The molecule has 1 atom stereocenters. The van der Waals surface area contributed by atoms with Gasteiger partial charge in [0.2, 0.25) is 0 Å². The molecule has 0 radical (unpaired) electrons. The van der Waals surface area contributed by atoms with Gasteiger partial charge in [0.25, 0.3) is 0 Å². The SMILES string of the molecule is CC(C)(C)OC(=O)N1CC[C@@H](N2CCN(c3ccc(F)cc3F)CC2)C1. The minimum atomic E-state index is -0.557. The number of carbonyl (C=O) groups excluding carboxylic acids is 1. The molecule has 0 bridgehead atoms. The minimum absolute atomic E-state index is 0.257. The lowest BCUT2D eigenvalue weighted by Gasteiger charge is -2.39. The zero-order valence-electron chi connectivity index (χ0n) is 15.7. The quantitative estimate of drug-likeness (QED) is 0.805. The van der Waals surface area contributed by atoms with Gasteiger partial charge in [-0.2, -0.15) is 0 Å². The van der Waals surface area contributed by atoms with Crippen LogP contribution in [-0.2, 0) is 4.74 Å². The van der Waals surface area contributed by atoms with Gasteiger partial charge in [0, 0.05) is 51.4 Å². The fourth-order valence-corrected chi connectivity index (χ4v) is 3.60. The summed E-state index contributed by atoms with van der Waals surface area (Å²) in [5.74, 6) is -1.08. The molecule has 0 unspecified atom stereocenters. The van der Waals surface area contributed by atoms with E-state index in [0.717, 1.165) is 25.6 Å². The van der Waals surface area contributed by atoms with Crippen molar-refractivity contribution in [1.82, 2.24) is 9.80 Å². The van der Waals surface area contributed by atoms with Crippen LogP contribution in [0.3, 0.4) is 0 Å². The van der Waals surface area contributed by atoms with Crippen molar-refractivity contribution in [2.45, 2.75) is 38.8 Å². The van der Waals surface area contributed by atoms with Crippen LogP contribution in [0.4, 0.5) is 19.3 Å². The lowest BCUT2D eigenvalue weighted by atomic mass is 10.1. The Hall–Kier alpha value is -1.89. The van der Waals surface area contributed by atoms with E-state index in [1.807, 2.05) is 25.7 Å². The number of carbonyl (C=O) groups is 1. The number of halogens is 2. The van der Waals surface area contributed by atoms with E-state index in [0.29, 0.717) is 37.9 Å². The molecule has 5 nitrogen and oxygen atoms in total. The van der Waals surface area contributed by atoms with Crippen molar-refractivity contribution in [2.24, 2.45) is 0 Å². The molecule has 0 saturated carbocycles. The maximum atomic E-state index is 14.0. The first-order chi connectivity index (χ1) is 12.2. The van der Waals surface area contributed by atoms with Crippen LogP contribution in [0, 0.1) is 11.6 Å². The summed E-state index contributed by atoms with van der Waals surface area (Å²) in [4.78, 5) is 18.3. The molecule has 2 heterocycles. The molecule has 3 rings (SSSR count). The number of likely N-dealkylation sites (tertiary alicyclic amines) is 1. The molecule has 1 amide bonds. The fourth-order valence-electron chi connectivity index (χ4n) is 3.60. The van der Waals surface area contributed by atoms with Gasteiger partial charge in [-0.3, -0.25) is 4.90 Å². The molecule has 1 aromatic rings. The van der Waals surface area contributed by atoms with Gasteiger partial charge in [0.05, 0.1) is 5.69 Å². The smallest absolute Gasteiger partial charge is 0.410 e. The molecule has 2 saturated heterocycles. The zero-order chi connectivity index (χ0) is 18.9. The van der Waals surface area contributed by atoms with Gasteiger partial charge < -0.3 is 14.5 Å². The summed E-state index contributed by atoms with van der Waals surface area (Å²) in [6.45, 7) is 9.93. The van der Waals surface area contributed by atoms with Crippen molar-refractivity contribution in [1.29, 1.82) is 0 Å². The van der Waals surface area contributed by atoms with E-state index < -0.39 is 17.2 Å². The Bertz CT molecular complexity index is 655. The van der Waals surface area contributed by atoms with E-state index in [1.54, 1.807) is 4.90 Å². The van der Waals surface area contributed by atoms with Crippen molar-refractivity contribution in [3.05, 3.63) is 29.8 Å². The Balaban J connectivity index is 1.52. The van der Waals surface area contributed by atoms with Crippen LogP contribution < -0.4 is 4.90 Å². The number of piperazine rings is 1. The molecular weight excluding hydrogens is 340 g/mol. The first-order valence-electron chi connectivity index (χ1n) is 9.15. The lowest BCUT2D eigenvalue weighted by molar-refractivity contribution is 0.0279. The zero-order valence-corrected chi connectivity index (χ0v) is 15.7. The molecule has 144 valence electrons. The molecule has 2 aliphatic heterocycles. The third-order valence-corrected chi connectivity index (χ3v) is 4.90. The van der Waals surface area contributed by atoms with Gasteiger partial charge in [-0.25, -0.2) is 13.6 Å². The second kappa shape index (κ2) is 7.39. The number of nitrogens with zero attached hydrogens (tertiary/aromatic N) is 3. The number of benzene rings is 1. The van der Waals surface area contributed by atoms with Gasteiger partial charge in [-0.05, 0) is 39.3 Å². The largest absolute Gasteiger partial charge is 0.444 e. The van der Waals surface area contributed by atoms with Crippen molar-refractivity contribution in [3.8, 4) is 0 Å². The van der Waals surface area contributed by atoms with Gasteiger partial charge in [0.15, 0.2) is 0 Å². The highest BCUT2D eigenvalue weighted by atomic mass is 19.1. The van der Waals surface area contributed by atoms with Crippen LogP contribution in [0.15, 0.2) is 18.2 Å². The topological polar surface area (TPSA) is 36.0 Å². The molecule has 2 aliphatic rings. The summed E-state index contributed by atoms with van der Waals surface area (Å²) in [6.07, 6.45) is 0.663. The van der Waals surface area contributed by atoms with E-state index in [9.17, 15) is 13.6 Å². The first kappa shape index (κ1) is 18.9. The van der Waals surface area contributed by atoms with Crippen LogP contribution in [0.5, 0.6) is 0 Å². The Kier molecular flexibility index (Phi) is 5.37. The van der Waals surface area contributed by atoms with Crippen LogP contribution >= 0.6 is 0 Å². The highest BCUT2D eigenvalue weighted by Crippen LogP contribution is 2.24. The average molecular weight is 367 g/mol. The Morgan fingerprint density at radius 1 is 1.12 bits per heavy atom. The standard InChI is InChI=1S/C19H27F2N3O2/c1-19(2,3)26-18(25)24-7-6-15(13-24)22-8-10-23(11-9-22)17-5-4-14(20)12-16(17)21/h4-5,12,15H,6-11,13H2,1-3H3/t15-/m1/s1. The van der Waals surface area contributed by atoms with Gasteiger partial charge >= 0.3 is 6.09 Å². The van der Waals surface area contributed by atoms with Gasteiger partial charge in [0.1, 0.15) is 17.2 Å². The van der Waals surface area contributed by atoms with E-state index in [2.05, 4.69) is 4.90 Å². The van der Waals surface area contributed by atoms with E-state index in [1.165, 1.54) is 12.1 Å². The number of hydrogen-bond donors (Lipinski definition) is 0. The summed E-state index contributed by atoms with van der Waals surface area (Å²) in [5.41, 5.74) is -0.0344. The molecule has 0 aromatic heterocycles. The maximum Gasteiger partial charge on any atom is 0.410 e. The average Bonchev–Trinajstić information content (AvgIpc) is 3.04. The third kappa shape index (κ3) is 4.44. The fraction of sp³-hybridized carbons (Fsp3) is 0.632. The van der Waals surface area contributed by atoms with E-state index in [-0.39, 0.29) is 6.09 Å². The molecular formula is C19H27F2N3O2. The van der Waals surface area contributed by atoms with E-state index >= 15 is 0 Å². The second-order valence-corrected chi connectivity index (χ2v) is 7.99. The summed E-state index contributed by atoms with van der Waals surface area (Å²) >= 11 is 0. The van der Waals surface area contributed by atoms with Gasteiger partial charge in [-0.15, -0.1) is 0 Å². The molecule has 26 heavy (non-hydrogen) atoms. The number of ether oxygens (including phenoxy) is 1. The predicted molar refractivity (Wildman–Crippen MR) is 96.4 cm³/mol. The summed E-state index contributed by atoms with van der Waals surface area (Å²) in [5, 5.41) is 0. The minimum Gasteiger partial charge on any atom is -0.444 e. The Labute approximate surface area is 153 Å². The molecule has 0 N–H and O–H groups in total. The molecule has 0 spiro atoms. The summed E-state index contributed by atoms with van der Waals surface area (Å²) < 4.78 is 32.5. The Morgan fingerprint density at radius 2 is 1.81 bits per heavy atom. The van der Waals surface area contributed by atoms with Crippen LogP contribution in [0.1, 0.15) is 27.2 Å². The molecule has 7 heteroatoms. The summed E-state index contributed by atoms with van der Waals surface area (Å²) in [6, 6.07) is 4.03. The number of hydrogen-bond acceptors (Lipinski definition) is 4. The number of anilines is 1. The normalized spacial score (nSPS) is 22.0. The monoisotopic (exact) mass is 367 g/mol. The third-order valence-electron chi connectivity index (χ3n) is 4.90. The maximum absolute atomic E-state index is 14.0. The predicted octanol–water partition coefficient (Wildman–Crippen LogP) is 3.10. The molecule has 1 aromatic carbocycles.